The van der Waals surface area contributed by atoms with E-state index >= 15 is 0 Å². The molecule has 1 aliphatic carbocycles. The number of hydrogen-bond donors (Lipinski definition) is 1. The van der Waals surface area contributed by atoms with Gasteiger partial charge in [0.2, 0.25) is 10.0 Å². The van der Waals surface area contributed by atoms with Gasteiger partial charge in [0.15, 0.2) is 0 Å². The fraction of sp³-hybridized carbons (Fsp3) is 1.00. The quantitative estimate of drug-likeness (QED) is 0.688. The molecular formula is C7H15NO2S. The third-order valence-electron chi connectivity index (χ3n) is 1.80. The van der Waals surface area contributed by atoms with Crippen LogP contribution in [-0.4, -0.2) is 20.7 Å². The van der Waals surface area contributed by atoms with E-state index in [1.54, 1.807) is 0 Å². The van der Waals surface area contributed by atoms with Gasteiger partial charge in [0, 0.05) is 6.04 Å². The number of rotatable bonds is 4. The molecule has 4 heteroatoms. The van der Waals surface area contributed by atoms with Gasteiger partial charge >= 0.3 is 0 Å². The highest BCUT2D eigenvalue weighted by Gasteiger charge is 2.24. The van der Waals surface area contributed by atoms with Crippen molar-refractivity contribution in [1.29, 1.82) is 0 Å². The molecule has 0 heterocycles. The molecular weight excluding hydrogens is 162 g/mol. The molecule has 1 atom stereocenters. The zero-order valence-electron chi connectivity index (χ0n) is 7.00. The molecule has 11 heavy (non-hydrogen) atoms. The Bertz CT molecular complexity index is 219. The maximum atomic E-state index is 10.7. The van der Waals surface area contributed by atoms with Gasteiger partial charge in [0.05, 0.1) is 6.26 Å². The van der Waals surface area contributed by atoms with Crippen LogP contribution in [0.1, 0.15) is 26.2 Å². The number of hydrogen-bond acceptors (Lipinski definition) is 2. The first-order chi connectivity index (χ1) is 4.97. The van der Waals surface area contributed by atoms with E-state index in [0.29, 0.717) is 0 Å². The van der Waals surface area contributed by atoms with Gasteiger partial charge in [-0.05, 0) is 19.3 Å². The van der Waals surface area contributed by atoms with Gasteiger partial charge in [-0.15, -0.1) is 0 Å². The van der Waals surface area contributed by atoms with Crippen molar-refractivity contribution in [3.05, 3.63) is 0 Å². The first-order valence-electron chi connectivity index (χ1n) is 3.94. The van der Waals surface area contributed by atoms with Gasteiger partial charge in [-0.25, -0.2) is 13.1 Å². The lowest BCUT2D eigenvalue weighted by atomic mass is 10.2. The van der Waals surface area contributed by atoms with Crippen molar-refractivity contribution < 1.29 is 8.42 Å². The summed E-state index contributed by atoms with van der Waals surface area (Å²) in [5.41, 5.74) is 0. The van der Waals surface area contributed by atoms with Crippen molar-refractivity contribution in [2.45, 2.75) is 32.2 Å². The Morgan fingerprint density at radius 2 is 2.09 bits per heavy atom. The summed E-state index contributed by atoms with van der Waals surface area (Å²) in [6.07, 6.45) is 4.75. The normalized spacial score (nSPS) is 21.6. The zero-order chi connectivity index (χ0) is 8.48. The molecule has 1 unspecified atom stereocenters. The SMILES string of the molecule is CC(CC1CC1)NS(C)(=O)=O. The van der Waals surface area contributed by atoms with E-state index < -0.39 is 10.0 Å². The molecule has 1 N–H and O–H groups in total. The minimum absolute atomic E-state index is 0.109. The minimum atomic E-state index is -2.99. The van der Waals surface area contributed by atoms with E-state index in [1.165, 1.54) is 19.1 Å². The van der Waals surface area contributed by atoms with Crippen LogP contribution in [0.25, 0.3) is 0 Å². The molecule has 66 valence electrons. The zero-order valence-corrected chi connectivity index (χ0v) is 7.82. The van der Waals surface area contributed by atoms with Crippen molar-refractivity contribution in [3.63, 3.8) is 0 Å². The van der Waals surface area contributed by atoms with Crippen LogP contribution in [-0.2, 0) is 10.0 Å². The molecule has 1 saturated carbocycles. The van der Waals surface area contributed by atoms with Crippen molar-refractivity contribution >= 4 is 10.0 Å². The fourth-order valence-electron chi connectivity index (χ4n) is 1.27. The van der Waals surface area contributed by atoms with Crippen molar-refractivity contribution in [1.82, 2.24) is 4.72 Å². The van der Waals surface area contributed by atoms with Crippen molar-refractivity contribution in [2.75, 3.05) is 6.26 Å². The maximum Gasteiger partial charge on any atom is 0.208 e. The summed E-state index contributed by atoms with van der Waals surface area (Å²) in [5, 5.41) is 0. The van der Waals surface area contributed by atoms with Crippen LogP contribution < -0.4 is 4.72 Å². The van der Waals surface area contributed by atoms with Crippen LogP contribution in [0.2, 0.25) is 0 Å². The maximum absolute atomic E-state index is 10.7. The van der Waals surface area contributed by atoms with Crippen LogP contribution in [0.3, 0.4) is 0 Å². The minimum Gasteiger partial charge on any atom is -0.213 e. The summed E-state index contributed by atoms with van der Waals surface area (Å²) >= 11 is 0. The van der Waals surface area contributed by atoms with E-state index in [4.69, 9.17) is 0 Å². The van der Waals surface area contributed by atoms with E-state index in [-0.39, 0.29) is 6.04 Å². The third-order valence-corrected chi connectivity index (χ3v) is 2.63. The molecule has 3 nitrogen and oxygen atoms in total. The third kappa shape index (κ3) is 4.37. The van der Waals surface area contributed by atoms with Crippen LogP contribution in [0.15, 0.2) is 0 Å². The highest BCUT2D eigenvalue weighted by atomic mass is 32.2. The highest BCUT2D eigenvalue weighted by Crippen LogP contribution is 2.33. The summed E-state index contributed by atoms with van der Waals surface area (Å²) in [7, 11) is -2.99. The number of nitrogens with one attached hydrogen (secondary N) is 1. The molecule has 0 aliphatic heterocycles. The van der Waals surface area contributed by atoms with Gasteiger partial charge in [0.1, 0.15) is 0 Å². The standard InChI is InChI=1S/C7H15NO2S/c1-6(5-7-3-4-7)8-11(2,9)10/h6-8H,3-5H2,1-2H3. The molecule has 0 radical (unpaired) electrons. The Hall–Kier alpha value is -0.0900. The molecule has 0 amide bonds. The topological polar surface area (TPSA) is 46.2 Å². The second-order valence-corrected chi connectivity index (χ2v) is 5.25. The lowest BCUT2D eigenvalue weighted by Gasteiger charge is -2.10. The van der Waals surface area contributed by atoms with Crippen molar-refractivity contribution in [2.24, 2.45) is 5.92 Å². The fourth-order valence-corrected chi connectivity index (χ4v) is 2.09. The molecule has 0 bridgehead atoms. The van der Waals surface area contributed by atoms with Crippen LogP contribution in [0, 0.1) is 5.92 Å². The Morgan fingerprint density at radius 1 is 1.55 bits per heavy atom. The van der Waals surface area contributed by atoms with Crippen molar-refractivity contribution in [3.8, 4) is 0 Å². The highest BCUT2D eigenvalue weighted by molar-refractivity contribution is 7.88. The molecule has 0 saturated heterocycles. The molecule has 1 rings (SSSR count). The van der Waals surface area contributed by atoms with Crippen LogP contribution >= 0.6 is 0 Å². The number of sulfonamides is 1. The first-order valence-corrected chi connectivity index (χ1v) is 5.84. The lowest BCUT2D eigenvalue weighted by molar-refractivity contribution is 0.534. The lowest BCUT2D eigenvalue weighted by Crippen LogP contribution is -2.31. The molecule has 1 fully saturated rings. The molecule has 0 spiro atoms. The Kier molecular flexibility index (Phi) is 2.54. The molecule has 1 aliphatic rings. The average molecular weight is 177 g/mol. The van der Waals surface area contributed by atoms with Gasteiger partial charge in [0.25, 0.3) is 0 Å². The average Bonchev–Trinajstić information content (AvgIpc) is 2.42. The predicted octanol–water partition coefficient (Wildman–Crippen LogP) is 0.724. The van der Waals surface area contributed by atoms with E-state index in [0.717, 1.165) is 12.3 Å². The van der Waals surface area contributed by atoms with E-state index in [2.05, 4.69) is 4.72 Å². The summed E-state index contributed by atoms with van der Waals surface area (Å²) in [6, 6.07) is 0.109. The monoisotopic (exact) mass is 177 g/mol. The Labute approximate surface area is 68.2 Å². The summed E-state index contributed by atoms with van der Waals surface area (Å²) in [5.74, 6) is 0.777. The molecule has 0 aromatic heterocycles. The first kappa shape index (κ1) is 9.00. The second-order valence-electron chi connectivity index (χ2n) is 3.47. The summed E-state index contributed by atoms with van der Waals surface area (Å²) in [6.45, 7) is 1.92. The summed E-state index contributed by atoms with van der Waals surface area (Å²) < 4.78 is 24.0. The van der Waals surface area contributed by atoms with E-state index in [1.807, 2.05) is 6.92 Å². The Morgan fingerprint density at radius 3 is 2.45 bits per heavy atom. The smallest absolute Gasteiger partial charge is 0.208 e. The van der Waals surface area contributed by atoms with Crippen LogP contribution in [0.4, 0.5) is 0 Å². The van der Waals surface area contributed by atoms with Gasteiger partial charge in [-0.1, -0.05) is 12.8 Å². The largest absolute Gasteiger partial charge is 0.213 e. The van der Waals surface area contributed by atoms with Crippen LogP contribution in [0.5, 0.6) is 0 Å². The van der Waals surface area contributed by atoms with Gasteiger partial charge in [-0.3, -0.25) is 0 Å². The van der Waals surface area contributed by atoms with E-state index in [9.17, 15) is 8.42 Å². The Balaban J connectivity index is 2.24. The van der Waals surface area contributed by atoms with Gasteiger partial charge in [-0.2, -0.15) is 0 Å². The molecule has 0 aromatic rings. The summed E-state index contributed by atoms with van der Waals surface area (Å²) in [4.78, 5) is 0. The molecule has 0 aromatic carbocycles. The predicted molar refractivity (Wildman–Crippen MR) is 44.8 cm³/mol. The second kappa shape index (κ2) is 3.11. The van der Waals surface area contributed by atoms with Gasteiger partial charge < -0.3 is 0 Å².